The molecule has 0 aliphatic carbocycles. The van der Waals surface area contributed by atoms with Crippen LogP contribution in [0.2, 0.25) is 0 Å². The molecule has 3 N–H and O–H groups in total. The molecule has 0 aromatic heterocycles. The zero-order valence-electron chi connectivity index (χ0n) is 30.6. The van der Waals surface area contributed by atoms with Crippen molar-refractivity contribution in [1.29, 1.82) is 0 Å². The van der Waals surface area contributed by atoms with Gasteiger partial charge < -0.3 is 34.5 Å². The number of aliphatic hydroxyl groups is 1. The third kappa shape index (κ3) is 10.0. The Hall–Kier alpha value is -4.74. The molecule has 0 saturated carbocycles. The first-order valence-corrected chi connectivity index (χ1v) is 18.5. The molecule has 1 amide bonds. The summed E-state index contributed by atoms with van der Waals surface area (Å²) in [5.41, 5.74) is 8.41. The quantitative estimate of drug-likeness (QED) is 0.104. The number of benzene rings is 4. The molecule has 280 valence electrons. The van der Waals surface area contributed by atoms with Crippen molar-refractivity contribution < 1.29 is 38.7 Å². The van der Waals surface area contributed by atoms with Crippen molar-refractivity contribution in [3.05, 3.63) is 118 Å². The largest absolute Gasteiger partial charge is 0.493 e. The number of hydrogen-bond acceptors (Lipinski definition) is 8. The molecule has 6 rings (SSSR count). The fraction of sp³-hybridized carbons (Fsp3) is 0.395. The van der Waals surface area contributed by atoms with Gasteiger partial charge in [-0.2, -0.15) is 0 Å². The summed E-state index contributed by atoms with van der Waals surface area (Å²) < 4.78 is 24.5. The number of amides is 1. The summed E-state index contributed by atoms with van der Waals surface area (Å²) in [4.78, 5) is 25.7. The Bertz CT molecular complexity index is 1830. The number of fused-ring (bicyclic) bond motifs is 1. The van der Waals surface area contributed by atoms with Crippen LogP contribution >= 0.6 is 0 Å². The topological polar surface area (TPSA) is 127 Å². The van der Waals surface area contributed by atoms with Gasteiger partial charge in [-0.15, -0.1) is 0 Å². The lowest BCUT2D eigenvalue weighted by molar-refractivity contribution is -0.253. The summed E-state index contributed by atoms with van der Waals surface area (Å²) in [7, 11) is 3.33. The molecule has 1 fully saturated rings. The van der Waals surface area contributed by atoms with Crippen molar-refractivity contribution in [2.75, 3.05) is 27.3 Å². The normalized spacial score (nSPS) is 18.6. The Morgan fingerprint density at radius 2 is 1.55 bits per heavy atom. The molecule has 2 heterocycles. The van der Waals surface area contributed by atoms with E-state index in [2.05, 4.69) is 52.7 Å². The van der Waals surface area contributed by atoms with Crippen molar-refractivity contribution in [3.8, 4) is 22.6 Å². The Labute approximate surface area is 311 Å². The van der Waals surface area contributed by atoms with E-state index in [0.29, 0.717) is 38.6 Å². The van der Waals surface area contributed by atoms with Crippen molar-refractivity contribution in [2.24, 2.45) is 0 Å². The summed E-state index contributed by atoms with van der Waals surface area (Å²) in [5, 5.41) is 21.5. The zero-order chi connectivity index (χ0) is 37.2. The van der Waals surface area contributed by atoms with Crippen LogP contribution < -0.4 is 14.8 Å². The lowest BCUT2D eigenvalue weighted by Crippen LogP contribution is -2.41. The smallest absolute Gasteiger partial charge is 0.303 e. The van der Waals surface area contributed by atoms with Crippen molar-refractivity contribution in [3.63, 3.8) is 0 Å². The van der Waals surface area contributed by atoms with Gasteiger partial charge in [0.15, 0.2) is 17.8 Å². The fourth-order valence-electron chi connectivity index (χ4n) is 7.22. The first-order valence-electron chi connectivity index (χ1n) is 18.5. The van der Waals surface area contributed by atoms with E-state index in [1.165, 1.54) is 11.1 Å². The molecule has 53 heavy (non-hydrogen) atoms. The molecule has 1 saturated heterocycles. The summed E-state index contributed by atoms with van der Waals surface area (Å²) in [6.45, 7) is 2.84. The average Bonchev–Trinajstić information content (AvgIpc) is 3.19. The molecule has 0 spiro atoms. The molecule has 4 aromatic rings. The minimum Gasteiger partial charge on any atom is -0.493 e. The molecular weight excluding hydrogens is 672 g/mol. The Balaban J connectivity index is 1.14. The highest BCUT2D eigenvalue weighted by molar-refractivity contribution is 5.76. The average molecular weight is 723 g/mol. The fourth-order valence-corrected chi connectivity index (χ4v) is 7.22. The van der Waals surface area contributed by atoms with Gasteiger partial charge in [0, 0.05) is 51.0 Å². The minimum absolute atomic E-state index is 0.00864. The molecule has 2 aliphatic heterocycles. The van der Waals surface area contributed by atoms with Gasteiger partial charge in [-0.3, -0.25) is 14.5 Å². The van der Waals surface area contributed by atoms with Gasteiger partial charge in [-0.1, -0.05) is 79.2 Å². The van der Waals surface area contributed by atoms with Gasteiger partial charge in [0.1, 0.15) is 0 Å². The van der Waals surface area contributed by atoms with Gasteiger partial charge in [0.25, 0.3) is 0 Å². The molecule has 3 atom stereocenters. The predicted octanol–water partition coefficient (Wildman–Crippen LogP) is 7.12. The van der Waals surface area contributed by atoms with Crippen molar-refractivity contribution >= 4 is 11.9 Å². The van der Waals surface area contributed by atoms with E-state index in [1.807, 2.05) is 42.5 Å². The monoisotopic (exact) mass is 722 g/mol. The van der Waals surface area contributed by atoms with Crippen LogP contribution in [0.25, 0.3) is 11.1 Å². The van der Waals surface area contributed by atoms with Gasteiger partial charge in [-0.05, 0) is 70.3 Å². The molecule has 3 unspecified atom stereocenters. The van der Waals surface area contributed by atoms with Crippen LogP contribution in [-0.4, -0.2) is 60.4 Å². The molecule has 0 radical (unpaired) electrons. The van der Waals surface area contributed by atoms with E-state index in [4.69, 9.17) is 24.1 Å². The zero-order valence-corrected chi connectivity index (χ0v) is 30.6. The number of carboxylic acids is 1. The maximum Gasteiger partial charge on any atom is 0.303 e. The van der Waals surface area contributed by atoms with Gasteiger partial charge >= 0.3 is 5.97 Å². The number of hydrogen-bond donors (Lipinski definition) is 3. The molecule has 10 heteroatoms. The van der Waals surface area contributed by atoms with Crippen LogP contribution in [0.5, 0.6) is 11.5 Å². The summed E-state index contributed by atoms with van der Waals surface area (Å²) >= 11 is 0. The summed E-state index contributed by atoms with van der Waals surface area (Å²) in [6.07, 6.45) is 3.24. The minimum atomic E-state index is -0.805. The Kier molecular flexibility index (Phi) is 13.1. The first-order chi connectivity index (χ1) is 25.8. The van der Waals surface area contributed by atoms with Crippen LogP contribution in [0, 0.1) is 0 Å². The third-order valence-electron chi connectivity index (χ3n) is 10.2. The maximum absolute atomic E-state index is 12.5. The van der Waals surface area contributed by atoms with E-state index in [9.17, 15) is 14.7 Å². The van der Waals surface area contributed by atoms with Crippen LogP contribution in [0.1, 0.15) is 84.3 Å². The molecule has 10 nitrogen and oxygen atoms in total. The van der Waals surface area contributed by atoms with Crippen molar-refractivity contribution in [2.45, 2.75) is 83.1 Å². The highest BCUT2D eigenvalue weighted by Gasteiger charge is 2.34. The number of aliphatic carboxylic acids is 1. The molecule has 0 bridgehead atoms. The summed E-state index contributed by atoms with van der Waals surface area (Å²) in [6, 6.07) is 28.4. The van der Waals surface area contributed by atoms with E-state index >= 15 is 0 Å². The number of ether oxygens (including phenoxy) is 4. The maximum atomic E-state index is 12.5. The molecule has 2 aliphatic rings. The lowest BCUT2D eigenvalue weighted by atomic mass is 9.96. The number of rotatable bonds is 16. The van der Waals surface area contributed by atoms with E-state index < -0.39 is 12.3 Å². The second-order valence-corrected chi connectivity index (χ2v) is 13.8. The Morgan fingerprint density at radius 3 is 2.26 bits per heavy atom. The van der Waals surface area contributed by atoms with Gasteiger partial charge in [0.05, 0.1) is 33.0 Å². The van der Waals surface area contributed by atoms with Gasteiger partial charge in [-0.25, -0.2) is 0 Å². The van der Waals surface area contributed by atoms with Gasteiger partial charge in [0.2, 0.25) is 5.91 Å². The van der Waals surface area contributed by atoms with E-state index in [1.54, 1.807) is 14.2 Å². The highest BCUT2D eigenvalue weighted by atomic mass is 16.7. The van der Waals surface area contributed by atoms with Crippen LogP contribution in [-0.2, 0) is 45.2 Å². The van der Waals surface area contributed by atoms with Crippen LogP contribution in [0.4, 0.5) is 0 Å². The second-order valence-electron chi connectivity index (χ2n) is 13.8. The van der Waals surface area contributed by atoms with E-state index in [0.717, 1.165) is 70.9 Å². The number of unbranched alkanes of at least 4 members (excludes halogenated alkanes) is 2. The predicted molar refractivity (Wildman–Crippen MR) is 201 cm³/mol. The molecular formula is C43H50N2O8. The molecule has 4 aromatic carbocycles. The standard InChI is InChI=1S/C43H50N2O8/c1-50-39-22-33-20-21-45(26-35(33)23-40(39)51-2)27-36-24-38(31-14-12-29(28-46)13-15-31)53-43(52-36)32-18-16-30(17-19-32)37-9-7-6-8-34(37)25-44-41(47)10-4-3-5-11-42(48)49/h6-9,12-19,22-23,36,38,43,46H,3-5,10-11,20-21,24-28H2,1-2H3,(H,44,47)(H,48,49). The van der Waals surface area contributed by atoms with Crippen LogP contribution in [0.15, 0.2) is 84.9 Å². The number of nitrogens with zero attached hydrogens (tertiary/aromatic N) is 1. The number of nitrogens with one attached hydrogen (secondary N) is 1. The number of methoxy groups -OCH3 is 2. The van der Waals surface area contributed by atoms with Crippen molar-refractivity contribution in [1.82, 2.24) is 10.2 Å². The Morgan fingerprint density at radius 1 is 0.849 bits per heavy atom. The van der Waals surface area contributed by atoms with E-state index in [-0.39, 0.29) is 31.1 Å². The number of aliphatic hydroxyl groups excluding tert-OH is 1. The third-order valence-corrected chi connectivity index (χ3v) is 10.2. The second kappa shape index (κ2) is 18.3. The number of carbonyl (C=O) groups is 2. The number of carboxylic acid groups (broad SMARTS) is 1. The summed E-state index contributed by atoms with van der Waals surface area (Å²) in [5.74, 6) is 0.644. The van der Waals surface area contributed by atoms with Crippen LogP contribution in [0.3, 0.4) is 0 Å². The first kappa shape index (κ1) is 38.0. The lowest BCUT2D eigenvalue weighted by Gasteiger charge is -2.39. The highest BCUT2D eigenvalue weighted by Crippen LogP contribution is 2.40. The number of carbonyl (C=O) groups excluding carboxylic acids is 1. The SMILES string of the molecule is COc1cc2c(cc1OC)CN(CC1CC(c3ccc(CO)cc3)OC(c3ccc(-c4ccccc4CNC(=O)CCCCCC(=O)O)cc3)O1)CC2.